The maximum atomic E-state index is 13.4. The number of amides is 4. The Morgan fingerprint density at radius 3 is 1.27 bits per heavy atom. The zero-order chi connectivity index (χ0) is 42.9. The molecule has 0 bridgehead atoms. The minimum absolute atomic E-state index is 0.0233. The predicted molar refractivity (Wildman–Crippen MR) is 207 cm³/mol. The van der Waals surface area contributed by atoms with Gasteiger partial charge in [0.1, 0.15) is 40.2 Å². The van der Waals surface area contributed by atoms with Crippen LogP contribution in [0.5, 0.6) is 17.2 Å². The van der Waals surface area contributed by atoms with Gasteiger partial charge in [-0.3, -0.25) is 0 Å². The standard InChI is InChI=1S/C39H64N4O13/c1-36(2,3)53-32(46)40-22-16-14-18-26(42-34(48)55-38(7,8)9)30(44)51-25-20-21-28(29(24-25)50-13)52-31(45)27(43-35(49)56-39(10,11)12)19-15-17-23-41-33(47)54-37(4,5)6/h20-21,24,26-27H,14-19,22-23H2,1-13H3,(H,40,46)(H,41,47)(H,42,48)(H,43,49). The van der Waals surface area contributed by atoms with E-state index in [1.54, 1.807) is 83.1 Å². The summed E-state index contributed by atoms with van der Waals surface area (Å²) >= 11 is 0. The highest BCUT2D eigenvalue weighted by Gasteiger charge is 2.29. The zero-order valence-electron chi connectivity index (χ0n) is 35.4. The van der Waals surface area contributed by atoms with E-state index in [2.05, 4.69) is 21.3 Å². The van der Waals surface area contributed by atoms with Crippen molar-refractivity contribution < 1.29 is 61.9 Å². The van der Waals surface area contributed by atoms with E-state index in [-0.39, 0.29) is 43.2 Å². The van der Waals surface area contributed by atoms with Crippen LogP contribution in [0.3, 0.4) is 0 Å². The molecule has 1 rings (SSSR count). The Balaban J connectivity index is 3.05. The van der Waals surface area contributed by atoms with E-state index in [0.29, 0.717) is 25.7 Å². The number of alkyl carbamates (subject to hydrolysis) is 4. The third kappa shape index (κ3) is 23.1. The molecule has 1 aromatic carbocycles. The van der Waals surface area contributed by atoms with Crippen molar-refractivity contribution in [2.75, 3.05) is 20.2 Å². The number of ether oxygens (including phenoxy) is 7. The number of methoxy groups -OCH3 is 1. The SMILES string of the molecule is COc1cc(OC(=O)C(CCCCNC(=O)OC(C)(C)C)NC(=O)OC(C)(C)C)ccc1OC(=O)C(CCCCNC(=O)OC(C)(C)C)NC(=O)OC(C)(C)C. The number of hydrogen-bond acceptors (Lipinski definition) is 13. The van der Waals surface area contributed by atoms with E-state index in [4.69, 9.17) is 33.2 Å². The molecule has 0 radical (unpaired) electrons. The van der Waals surface area contributed by atoms with Gasteiger partial charge in [-0.15, -0.1) is 0 Å². The smallest absolute Gasteiger partial charge is 0.408 e. The van der Waals surface area contributed by atoms with Gasteiger partial charge in [0.25, 0.3) is 0 Å². The Bertz CT molecular complexity index is 1470. The lowest BCUT2D eigenvalue weighted by Crippen LogP contribution is -2.45. The van der Waals surface area contributed by atoms with Gasteiger partial charge in [0, 0.05) is 19.2 Å². The van der Waals surface area contributed by atoms with Crippen LogP contribution < -0.4 is 35.5 Å². The topological polar surface area (TPSA) is 215 Å². The number of benzene rings is 1. The predicted octanol–water partition coefficient (Wildman–Crippen LogP) is 6.68. The highest BCUT2D eigenvalue weighted by molar-refractivity contribution is 5.84. The Morgan fingerprint density at radius 2 is 0.893 bits per heavy atom. The van der Waals surface area contributed by atoms with Gasteiger partial charge in [0.2, 0.25) is 0 Å². The average Bonchev–Trinajstić information content (AvgIpc) is 3.00. The van der Waals surface area contributed by atoms with E-state index in [1.807, 2.05) is 0 Å². The van der Waals surface area contributed by atoms with Gasteiger partial charge in [0.15, 0.2) is 11.5 Å². The third-order valence-electron chi connectivity index (χ3n) is 6.69. The summed E-state index contributed by atoms with van der Waals surface area (Å²) in [5.41, 5.74) is -2.95. The van der Waals surface area contributed by atoms with Crippen molar-refractivity contribution in [2.24, 2.45) is 0 Å². The number of hydrogen-bond donors (Lipinski definition) is 4. The molecule has 0 aliphatic rings. The Labute approximate surface area is 330 Å². The number of nitrogens with one attached hydrogen (secondary N) is 4. The van der Waals surface area contributed by atoms with Crippen LogP contribution in [0.25, 0.3) is 0 Å². The van der Waals surface area contributed by atoms with Crippen LogP contribution >= 0.6 is 0 Å². The Morgan fingerprint density at radius 1 is 0.518 bits per heavy atom. The summed E-state index contributed by atoms with van der Waals surface area (Å²) in [4.78, 5) is 75.9. The maximum Gasteiger partial charge on any atom is 0.408 e. The number of carbonyl (C=O) groups excluding carboxylic acids is 6. The first kappa shape index (κ1) is 49.1. The largest absolute Gasteiger partial charge is 0.493 e. The fourth-order valence-electron chi connectivity index (χ4n) is 4.52. The molecule has 17 heteroatoms. The molecule has 2 unspecified atom stereocenters. The van der Waals surface area contributed by atoms with Gasteiger partial charge >= 0.3 is 36.3 Å². The molecule has 0 saturated heterocycles. The van der Waals surface area contributed by atoms with Crippen LogP contribution in [0.4, 0.5) is 19.2 Å². The van der Waals surface area contributed by atoms with Gasteiger partial charge in [-0.1, -0.05) is 0 Å². The molecule has 1 aromatic rings. The van der Waals surface area contributed by atoms with Crippen LogP contribution in [0.2, 0.25) is 0 Å². The maximum absolute atomic E-state index is 13.4. The molecule has 56 heavy (non-hydrogen) atoms. The first-order valence-electron chi connectivity index (χ1n) is 18.7. The van der Waals surface area contributed by atoms with Crippen molar-refractivity contribution >= 4 is 36.3 Å². The lowest BCUT2D eigenvalue weighted by Gasteiger charge is -2.23. The summed E-state index contributed by atoms with van der Waals surface area (Å²) in [5, 5.41) is 10.4. The molecule has 318 valence electrons. The molecule has 0 aromatic heterocycles. The van der Waals surface area contributed by atoms with Crippen LogP contribution in [-0.4, -0.2) is 91.0 Å². The van der Waals surface area contributed by atoms with Crippen LogP contribution in [-0.2, 0) is 28.5 Å². The zero-order valence-corrected chi connectivity index (χ0v) is 35.4. The molecule has 17 nitrogen and oxygen atoms in total. The summed E-state index contributed by atoms with van der Waals surface area (Å²) in [6.07, 6.45) is -0.703. The van der Waals surface area contributed by atoms with E-state index in [1.165, 1.54) is 25.3 Å². The van der Waals surface area contributed by atoms with Crippen LogP contribution in [0.15, 0.2) is 18.2 Å². The molecular formula is C39H64N4O13. The van der Waals surface area contributed by atoms with Gasteiger partial charge in [-0.05, 0) is 134 Å². The van der Waals surface area contributed by atoms with Gasteiger partial charge in [-0.2, -0.15) is 0 Å². The fourth-order valence-corrected chi connectivity index (χ4v) is 4.52. The second-order valence-electron chi connectivity index (χ2n) is 16.9. The minimum atomic E-state index is -1.13. The molecule has 0 aliphatic heterocycles. The van der Waals surface area contributed by atoms with Crippen molar-refractivity contribution in [3.8, 4) is 17.2 Å². The quantitative estimate of drug-likeness (QED) is 0.0561. The molecule has 2 atom stereocenters. The Hall–Kier alpha value is -4.96. The van der Waals surface area contributed by atoms with Crippen molar-refractivity contribution in [1.29, 1.82) is 0 Å². The number of carbonyl (C=O) groups is 6. The van der Waals surface area contributed by atoms with E-state index < -0.39 is 70.8 Å². The molecule has 0 aliphatic carbocycles. The first-order chi connectivity index (χ1) is 25.7. The molecule has 0 heterocycles. The minimum Gasteiger partial charge on any atom is -0.493 e. The van der Waals surface area contributed by atoms with Gasteiger partial charge < -0.3 is 54.4 Å². The summed E-state index contributed by atoms with van der Waals surface area (Å²) in [5.74, 6) is -1.59. The van der Waals surface area contributed by atoms with Crippen molar-refractivity contribution in [2.45, 2.75) is 156 Å². The molecule has 0 fully saturated rings. The summed E-state index contributed by atoms with van der Waals surface area (Å²) in [6, 6.07) is 1.81. The monoisotopic (exact) mass is 796 g/mol. The fraction of sp³-hybridized carbons (Fsp3) is 0.692. The summed E-state index contributed by atoms with van der Waals surface area (Å²) in [6.45, 7) is 21.2. The third-order valence-corrected chi connectivity index (χ3v) is 6.69. The van der Waals surface area contributed by atoms with E-state index in [0.717, 1.165) is 0 Å². The second kappa shape index (κ2) is 22.0. The van der Waals surface area contributed by atoms with Crippen molar-refractivity contribution in [3.63, 3.8) is 0 Å². The first-order valence-corrected chi connectivity index (χ1v) is 18.7. The van der Waals surface area contributed by atoms with E-state index in [9.17, 15) is 28.8 Å². The lowest BCUT2D eigenvalue weighted by molar-refractivity contribution is -0.138. The average molecular weight is 797 g/mol. The highest BCUT2D eigenvalue weighted by Crippen LogP contribution is 2.32. The number of rotatable bonds is 17. The number of unbranched alkanes of at least 4 members (excludes halogenated alkanes) is 2. The Kier molecular flexibility index (Phi) is 19.2. The molecule has 0 spiro atoms. The lowest BCUT2D eigenvalue weighted by atomic mass is 10.1. The second-order valence-corrected chi connectivity index (χ2v) is 16.9. The van der Waals surface area contributed by atoms with Gasteiger partial charge in [-0.25, -0.2) is 28.8 Å². The molecule has 4 N–H and O–H groups in total. The van der Waals surface area contributed by atoms with Crippen LogP contribution in [0, 0.1) is 0 Å². The van der Waals surface area contributed by atoms with Crippen molar-refractivity contribution in [1.82, 2.24) is 21.3 Å². The van der Waals surface area contributed by atoms with Gasteiger partial charge in [0.05, 0.1) is 7.11 Å². The summed E-state index contributed by atoms with van der Waals surface area (Å²) in [7, 11) is 1.32. The highest BCUT2D eigenvalue weighted by atomic mass is 16.6. The van der Waals surface area contributed by atoms with Crippen molar-refractivity contribution in [3.05, 3.63) is 18.2 Å². The molecule has 4 amide bonds. The number of esters is 2. The molecule has 0 saturated carbocycles. The molecular weight excluding hydrogens is 732 g/mol. The normalized spacial score (nSPS) is 12.9. The van der Waals surface area contributed by atoms with Crippen LogP contribution in [0.1, 0.15) is 122 Å². The van der Waals surface area contributed by atoms with E-state index >= 15 is 0 Å². The summed E-state index contributed by atoms with van der Waals surface area (Å²) < 4.78 is 37.8.